The molecule has 0 radical (unpaired) electrons. The van der Waals surface area contributed by atoms with Gasteiger partial charge in [-0.15, -0.1) is 11.6 Å². The lowest BCUT2D eigenvalue weighted by Crippen LogP contribution is -2.01. The van der Waals surface area contributed by atoms with E-state index in [1.165, 1.54) is 5.56 Å². The molecule has 2 unspecified atom stereocenters. The Morgan fingerprint density at radius 1 is 1.20 bits per heavy atom. The second-order valence-corrected chi connectivity index (χ2v) is 4.66. The molecule has 0 aliphatic rings. The van der Waals surface area contributed by atoms with E-state index >= 15 is 0 Å². The smallest absolute Gasteiger partial charge is 0.119 e. The largest absolute Gasteiger partial charge is 0.494 e. The topological polar surface area (TPSA) is 9.23 Å². The van der Waals surface area contributed by atoms with Gasteiger partial charge in [-0.25, -0.2) is 0 Å². The van der Waals surface area contributed by atoms with E-state index in [-0.39, 0.29) is 5.38 Å². The van der Waals surface area contributed by atoms with Crippen molar-refractivity contribution in [1.82, 2.24) is 0 Å². The van der Waals surface area contributed by atoms with Crippen molar-refractivity contribution in [2.75, 3.05) is 6.61 Å². The van der Waals surface area contributed by atoms with Gasteiger partial charge in [-0.3, -0.25) is 0 Å². The third kappa shape index (κ3) is 4.13. The fourth-order valence-electron chi connectivity index (χ4n) is 1.68. The molecule has 2 atom stereocenters. The SMILES string of the molecule is CCOc1ccc(C(C)CC(C)Cl)cc1. The van der Waals surface area contributed by atoms with Gasteiger partial charge >= 0.3 is 0 Å². The van der Waals surface area contributed by atoms with Gasteiger partial charge in [-0.05, 0) is 43.9 Å². The van der Waals surface area contributed by atoms with E-state index in [0.29, 0.717) is 12.5 Å². The molecule has 0 saturated heterocycles. The summed E-state index contributed by atoms with van der Waals surface area (Å²) < 4.78 is 5.40. The van der Waals surface area contributed by atoms with Gasteiger partial charge in [0.1, 0.15) is 5.75 Å². The maximum atomic E-state index is 5.98. The number of hydrogen-bond acceptors (Lipinski definition) is 1. The summed E-state index contributed by atoms with van der Waals surface area (Å²) in [5.41, 5.74) is 1.32. The molecule has 0 spiro atoms. The Morgan fingerprint density at radius 3 is 2.27 bits per heavy atom. The molecule has 0 saturated carbocycles. The van der Waals surface area contributed by atoms with Crippen LogP contribution in [0.4, 0.5) is 0 Å². The molecule has 84 valence electrons. The molecule has 0 heterocycles. The van der Waals surface area contributed by atoms with Crippen molar-refractivity contribution in [3.05, 3.63) is 29.8 Å². The van der Waals surface area contributed by atoms with Crippen LogP contribution < -0.4 is 4.74 Å². The number of rotatable bonds is 5. The van der Waals surface area contributed by atoms with Crippen LogP contribution >= 0.6 is 11.6 Å². The minimum Gasteiger partial charge on any atom is -0.494 e. The van der Waals surface area contributed by atoms with Gasteiger partial charge in [0, 0.05) is 5.38 Å². The molecule has 1 nitrogen and oxygen atoms in total. The van der Waals surface area contributed by atoms with E-state index in [2.05, 4.69) is 19.1 Å². The minimum atomic E-state index is 0.228. The predicted octanol–water partition coefficient (Wildman–Crippen LogP) is 4.21. The fraction of sp³-hybridized carbons (Fsp3) is 0.538. The zero-order valence-corrected chi connectivity index (χ0v) is 10.4. The Labute approximate surface area is 97.4 Å². The standard InChI is InChI=1S/C13H19ClO/c1-4-15-13-7-5-12(6-8-13)10(2)9-11(3)14/h5-8,10-11H,4,9H2,1-3H3. The van der Waals surface area contributed by atoms with E-state index in [0.717, 1.165) is 12.2 Å². The first kappa shape index (κ1) is 12.4. The van der Waals surface area contributed by atoms with E-state index in [9.17, 15) is 0 Å². The molecular formula is C13H19ClO. The first-order chi connectivity index (χ1) is 7.13. The van der Waals surface area contributed by atoms with Gasteiger partial charge in [-0.2, -0.15) is 0 Å². The van der Waals surface area contributed by atoms with Crippen LogP contribution in [0.25, 0.3) is 0 Å². The number of ether oxygens (including phenoxy) is 1. The first-order valence-corrected chi connectivity index (χ1v) is 5.94. The van der Waals surface area contributed by atoms with Crippen molar-refractivity contribution in [3.8, 4) is 5.75 Å². The molecule has 1 aromatic rings. The number of hydrogen-bond donors (Lipinski definition) is 0. The fourth-order valence-corrected chi connectivity index (χ4v) is 1.95. The summed E-state index contributed by atoms with van der Waals surface area (Å²) in [6.45, 7) is 6.94. The lowest BCUT2D eigenvalue weighted by atomic mass is 9.96. The molecule has 0 N–H and O–H groups in total. The molecule has 15 heavy (non-hydrogen) atoms. The van der Waals surface area contributed by atoms with Crippen molar-refractivity contribution >= 4 is 11.6 Å². The summed E-state index contributed by atoms with van der Waals surface area (Å²) in [6.07, 6.45) is 1.01. The van der Waals surface area contributed by atoms with Crippen LogP contribution in [0.3, 0.4) is 0 Å². The lowest BCUT2D eigenvalue weighted by molar-refractivity contribution is 0.340. The average Bonchev–Trinajstić information content (AvgIpc) is 2.18. The van der Waals surface area contributed by atoms with Crippen molar-refractivity contribution < 1.29 is 4.74 Å². The summed E-state index contributed by atoms with van der Waals surface area (Å²) in [4.78, 5) is 0. The van der Waals surface area contributed by atoms with Crippen LogP contribution in [0.2, 0.25) is 0 Å². The normalized spacial score (nSPS) is 14.7. The van der Waals surface area contributed by atoms with Gasteiger partial charge in [0.05, 0.1) is 6.61 Å². The van der Waals surface area contributed by atoms with E-state index in [1.54, 1.807) is 0 Å². The average molecular weight is 227 g/mol. The van der Waals surface area contributed by atoms with Gasteiger partial charge in [0.25, 0.3) is 0 Å². The zero-order valence-electron chi connectivity index (χ0n) is 9.66. The summed E-state index contributed by atoms with van der Waals surface area (Å²) in [5.74, 6) is 1.44. The quantitative estimate of drug-likeness (QED) is 0.684. The maximum absolute atomic E-state index is 5.98. The molecule has 0 amide bonds. The Kier molecular flexibility index (Phi) is 4.97. The maximum Gasteiger partial charge on any atom is 0.119 e. The highest BCUT2D eigenvalue weighted by Gasteiger charge is 2.08. The summed E-state index contributed by atoms with van der Waals surface area (Å²) in [7, 11) is 0. The Bertz CT molecular complexity index is 279. The third-order valence-corrected chi connectivity index (χ3v) is 2.62. The number of benzene rings is 1. The van der Waals surface area contributed by atoms with Crippen LogP contribution in [-0.2, 0) is 0 Å². The van der Waals surface area contributed by atoms with Crippen LogP contribution in [0.5, 0.6) is 5.75 Å². The van der Waals surface area contributed by atoms with Crippen molar-refractivity contribution in [2.24, 2.45) is 0 Å². The van der Waals surface area contributed by atoms with Crippen LogP contribution in [-0.4, -0.2) is 12.0 Å². The van der Waals surface area contributed by atoms with Crippen molar-refractivity contribution in [1.29, 1.82) is 0 Å². The highest BCUT2D eigenvalue weighted by Crippen LogP contribution is 2.24. The number of alkyl halides is 1. The molecular weight excluding hydrogens is 208 g/mol. The third-order valence-electron chi connectivity index (χ3n) is 2.44. The molecule has 0 aromatic heterocycles. The summed E-state index contributed by atoms with van der Waals surface area (Å²) >= 11 is 5.98. The lowest BCUT2D eigenvalue weighted by Gasteiger charge is -2.13. The zero-order chi connectivity index (χ0) is 11.3. The monoisotopic (exact) mass is 226 g/mol. The van der Waals surface area contributed by atoms with Crippen molar-refractivity contribution in [3.63, 3.8) is 0 Å². The number of halogens is 1. The Balaban J connectivity index is 2.62. The molecule has 0 bridgehead atoms. The van der Waals surface area contributed by atoms with Crippen LogP contribution in [0, 0.1) is 0 Å². The van der Waals surface area contributed by atoms with Gasteiger partial charge in [0.2, 0.25) is 0 Å². The minimum absolute atomic E-state index is 0.228. The van der Waals surface area contributed by atoms with Gasteiger partial charge in [-0.1, -0.05) is 19.1 Å². The highest BCUT2D eigenvalue weighted by atomic mass is 35.5. The molecule has 2 heteroatoms. The Morgan fingerprint density at radius 2 is 1.80 bits per heavy atom. The molecule has 0 aliphatic heterocycles. The molecule has 0 aliphatic carbocycles. The predicted molar refractivity (Wildman–Crippen MR) is 66.0 cm³/mol. The highest BCUT2D eigenvalue weighted by molar-refractivity contribution is 6.20. The second-order valence-electron chi connectivity index (χ2n) is 3.92. The Hall–Kier alpha value is -0.690. The molecule has 1 aromatic carbocycles. The molecule has 1 rings (SSSR count). The van der Waals surface area contributed by atoms with E-state index in [1.807, 2.05) is 26.0 Å². The summed E-state index contributed by atoms with van der Waals surface area (Å²) in [5, 5.41) is 0.228. The summed E-state index contributed by atoms with van der Waals surface area (Å²) in [6, 6.07) is 8.28. The van der Waals surface area contributed by atoms with Gasteiger partial charge in [0.15, 0.2) is 0 Å². The van der Waals surface area contributed by atoms with E-state index < -0.39 is 0 Å². The van der Waals surface area contributed by atoms with Crippen LogP contribution in [0.15, 0.2) is 24.3 Å². The second kappa shape index (κ2) is 6.02. The van der Waals surface area contributed by atoms with Crippen LogP contribution in [0.1, 0.15) is 38.7 Å². The van der Waals surface area contributed by atoms with E-state index in [4.69, 9.17) is 16.3 Å². The van der Waals surface area contributed by atoms with Gasteiger partial charge < -0.3 is 4.74 Å². The molecule has 0 fully saturated rings. The van der Waals surface area contributed by atoms with Crippen molar-refractivity contribution in [2.45, 2.75) is 38.5 Å². The first-order valence-electron chi connectivity index (χ1n) is 5.50.